The lowest BCUT2D eigenvalue weighted by atomic mass is 9.96. The number of pyridine rings is 1. The number of halogens is 1. The average molecular weight is 403 g/mol. The maximum Gasteiger partial charge on any atom is 0.308 e. The second-order valence-corrected chi connectivity index (χ2v) is 5.65. The Kier molecular flexibility index (Phi) is 5.11. The fourth-order valence-corrected chi connectivity index (χ4v) is 2.75. The molecule has 0 saturated heterocycles. The zero-order chi connectivity index (χ0) is 18.7. The molecular formula is C16H11BrN4O4. The van der Waals surface area contributed by atoms with Gasteiger partial charge in [-0.3, -0.25) is 9.59 Å². The van der Waals surface area contributed by atoms with Crippen LogP contribution in [-0.4, -0.2) is 18.1 Å². The molecule has 2 rings (SSSR count). The first-order valence-electron chi connectivity index (χ1n) is 6.76. The van der Waals surface area contributed by atoms with Crippen LogP contribution in [0.3, 0.4) is 0 Å². The first-order valence-corrected chi connectivity index (χ1v) is 7.55. The first-order chi connectivity index (χ1) is 11.8. The summed E-state index contributed by atoms with van der Waals surface area (Å²) in [7, 11) is 1.36. The monoisotopic (exact) mass is 402 g/mol. The van der Waals surface area contributed by atoms with Crippen molar-refractivity contribution in [2.24, 2.45) is 0 Å². The van der Waals surface area contributed by atoms with Crippen molar-refractivity contribution in [3.05, 3.63) is 38.1 Å². The molecule has 3 N–H and O–H groups in total. The molecule has 2 aromatic rings. The fraction of sp³-hybridized carbons (Fsp3) is 0.125. The Hall–Kier alpha value is -3.30. The smallest absolute Gasteiger partial charge is 0.308 e. The summed E-state index contributed by atoms with van der Waals surface area (Å²) in [5.41, 5.74) is 5.04. The molecule has 1 aromatic heterocycles. The number of methoxy groups -OCH3 is 1. The molecule has 0 radical (unpaired) electrons. The van der Waals surface area contributed by atoms with Crippen molar-refractivity contribution in [2.45, 2.75) is 6.92 Å². The van der Waals surface area contributed by atoms with Gasteiger partial charge in [0.15, 0.2) is 11.5 Å². The van der Waals surface area contributed by atoms with Crippen molar-refractivity contribution in [2.75, 3.05) is 12.8 Å². The molecule has 0 fully saturated rings. The number of carbonyl (C=O) groups excluding carboxylic acids is 1. The maximum absolute atomic E-state index is 12.0. The first kappa shape index (κ1) is 18.0. The van der Waals surface area contributed by atoms with Crippen molar-refractivity contribution in [3.63, 3.8) is 0 Å². The number of benzene rings is 1. The number of carbonyl (C=O) groups is 1. The van der Waals surface area contributed by atoms with Crippen molar-refractivity contribution >= 4 is 27.7 Å². The molecule has 0 aliphatic heterocycles. The zero-order valence-electron chi connectivity index (χ0n) is 13.1. The van der Waals surface area contributed by atoms with Gasteiger partial charge in [-0.2, -0.15) is 10.5 Å². The fourth-order valence-electron chi connectivity index (χ4n) is 2.23. The molecule has 8 nitrogen and oxygen atoms in total. The van der Waals surface area contributed by atoms with E-state index in [0.29, 0.717) is 10.0 Å². The summed E-state index contributed by atoms with van der Waals surface area (Å²) < 4.78 is 10.6. The van der Waals surface area contributed by atoms with Gasteiger partial charge < -0.3 is 20.2 Å². The van der Waals surface area contributed by atoms with E-state index >= 15 is 0 Å². The Morgan fingerprint density at radius 2 is 1.88 bits per heavy atom. The lowest BCUT2D eigenvalue weighted by Gasteiger charge is -2.14. The number of nitrogens with two attached hydrogens (primary N) is 1. The number of nitrogen functional groups attached to an aromatic ring is 1. The second-order valence-electron chi connectivity index (χ2n) is 4.79. The Bertz CT molecular complexity index is 1010. The van der Waals surface area contributed by atoms with Crippen LogP contribution in [-0.2, 0) is 4.79 Å². The number of rotatable bonds is 3. The van der Waals surface area contributed by atoms with E-state index < -0.39 is 11.5 Å². The predicted octanol–water partition coefficient (Wildman–Crippen LogP) is 2.06. The molecule has 25 heavy (non-hydrogen) atoms. The van der Waals surface area contributed by atoms with Gasteiger partial charge >= 0.3 is 5.97 Å². The lowest BCUT2D eigenvalue weighted by molar-refractivity contribution is -0.132. The van der Waals surface area contributed by atoms with Gasteiger partial charge in [0.2, 0.25) is 0 Å². The minimum atomic E-state index is -0.719. The van der Waals surface area contributed by atoms with Crippen LogP contribution in [0.4, 0.5) is 5.82 Å². The zero-order valence-corrected chi connectivity index (χ0v) is 14.7. The van der Waals surface area contributed by atoms with Crippen LogP contribution in [0.1, 0.15) is 18.1 Å². The number of H-pyrrole nitrogens is 1. The second kappa shape index (κ2) is 7.07. The molecule has 9 heteroatoms. The van der Waals surface area contributed by atoms with Crippen LogP contribution in [0.2, 0.25) is 0 Å². The van der Waals surface area contributed by atoms with Gasteiger partial charge in [0, 0.05) is 22.5 Å². The van der Waals surface area contributed by atoms with Crippen LogP contribution < -0.4 is 20.8 Å². The summed E-state index contributed by atoms with van der Waals surface area (Å²) in [6, 6.07) is 6.54. The topological polar surface area (TPSA) is 142 Å². The summed E-state index contributed by atoms with van der Waals surface area (Å²) >= 11 is 3.29. The standard InChI is InChI=1S/C16H11BrN4O4/c1-7(22)25-13-4-11(17)8(3-12(13)24-2)14-9(5-18)15(20)21-16(23)10(14)6-19/h3-4H,1-2H3,(H3,20,21,23). The summed E-state index contributed by atoms with van der Waals surface area (Å²) in [5, 5.41) is 18.7. The third-order valence-corrected chi connectivity index (χ3v) is 3.90. The molecule has 0 aliphatic rings. The van der Waals surface area contributed by atoms with Gasteiger partial charge in [-0.1, -0.05) is 15.9 Å². The van der Waals surface area contributed by atoms with Gasteiger partial charge in [-0.25, -0.2) is 0 Å². The third-order valence-electron chi connectivity index (χ3n) is 3.24. The van der Waals surface area contributed by atoms with E-state index in [1.807, 2.05) is 6.07 Å². The summed E-state index contributed by atoms with van der Waals surface area (Å²) in [6.07, 6.45) is 0. The Morgan fingerprint density at radius 3 is 2.40 bits per heavy atom. The van der Waals surface area contributed by atoms with Crippen LogP contribution in [0.15, 0.2) is 21.4 Å². The van der Waals surface area contributed by atoms with Gasteiger partial charge in [0.05, 0.1) is 7.11 Å². The minimum Gasteiger partial charge on any atom is -0.493 e. The van der Waals surface area contributed by atoms with Crippen LogP contribution in [0.25, 0.3) is 11.1 Å². The molecule has 1 heterocycles. The molecule has 0 amide bonds. The molecular weight excluding hydrogens is 392 g/mol. The van der Waals surface area contributed by atoms with Gasteiger partial charge in [-0.15, -0.1) is 0 Å². The van der Waals surface area contributed by atoms with E-state index in [-0.39, 0.29) is 34.0 Å². The number of esters is 1. The number of anilines is 1. The van der Waals surface area contributed by atoms with Crippen molar-refractivity contribution in [3.8, 4) is 34.8 Å². The highest BCUT2D eigenvalue weighted by molar-refractivity contribution is 9.10. The molecule has 0 atom stereocenters. The molecule has 1 aromatic carbocycles. The number of nitrogens with one attached hydrogen (secondary N) is 1. The van der Waals surface area contributed by atoms with Crippen LogP contribution in [0, 0.1) is 22.7 Å². The number of hydrogen-bond donors (Lipinski definition) is 2. The van der Waals surface area contributed by atoms with Crippen molar-refractivity contribution in [1.29, 1.82) is 10.5 Å². The van der Waals surface area contributed by atoms with E-state index in [1.165, 1.54) is 26.2 Å². The molecule has 0 aliphatic carbocycles. The number of ether oxygens (including phenoxy) is 2. The summed E-state index contributed by atoms with van der Waals surface area (Å²) in [4.78, 5) is 25.5. The number of aromatic amines is 1. The molecule has 0 spiro atoms. The van der Waals surface area contributed by atoms with E-state index in [0.717, 1.165) is 0 Å². The van der Waals surface area contributed by atoms with Gasteiger partial charge in [-0.05, 0) is 12.1 Å². The number of nitriles is 2. The minimum absolute atomic E-state index is 0.0564. The van der Waals surface area contributed by atoms with Crippen molar-refractivity contribution in [1.82, 2.24) is 4.98 Å². The normalized spacial score (nSPS) is 9.80. The van der Waals surface area contributed by atoms with Crippen LogP contribution in [0.5, 0.6) is 11.5 Å². The Morgan fingerprint density at radius 1 is 1.24 bits per heavy atom. The summed E-state index contributed by atoms with van der Waals surface area (Å²) in [5.74, 6) is -0.384. The van der Waals surface area contributed by atoms with E-state index in [4.69, 9.17) is 15.2 Å². The van der Waals surface area contributed by atoms with E-state index in [2.05, 4.69) is 20.9 Å². The highest BCUT2D eigenvalue weighted by atomic mass is 79.9. The number of aromatic nitrogens is 1. The molecule has 0 unspecified atom stereocenters. The quantitative estimate of drug-likeness (QED) is 0.590. The largest absolute Gasteiger partial charge is 0.493 e. The molecule has 0 saturated carbocycles. The van der Waals surface area contributed by atoms with Crippen LogP contribution >= 0.6 is 15.9 Å². The Labute approximate surface area is 150 Å². The number of nitrogens with zero attached hydrogens (tertiary/aromatic N) is 2. The average Bonchev–Trinajstić information content (AvgIpc) is 2.54. The van der Waals surface area contributed by atoms with Crippen molar-refractivity contribution < 1.29 is 14.3 Å². The maximum atomic E-state index is 12.0. The number of hydrogen-bond acceptors (Lipinski definition) is 7. The highest BCUT2D eigenvalue weighted by Crippen LogP contribution is 2.41. The van der Waals surface area contributed by atoms with E-state index in [9.17, 15) is 20.1 Å². The Balaban J connectivity index is 2.89. The van der Waals surface area contributed by atoms with E-state index in [1.54, 1.807) is 6.07 Å². The highest BCUT2D eigenvalue weighted by Gasteiger charge is 2.22. The van der Waals surface area contributed by atoms with Gasteiger partial charge in [0.25, 0.3) is 5.56 Å². The van der Waals surface area contributed by atoms with Gasteiger partial charge in [0.1, 0.15) is 29.1 Å². The predicted molar refractivity (Wildman–Crippen MR) is 91.9 cm³/mol. The SMILES string of the molecule is COc1cc(-c2c(C#N)c(N)[nH]c(=O)c2C#N)c(Br)cc1OC(C)=O. The molecule has 126 valence electrons. The summed E-state index contributed by atoms with van der Waals surface area (Å²) in [6.45, 7) is 1.24. The lowest BCUT2D eigenvalue weighted by Crippen LogP contribution is -2.16. The molecule has 0 bridgehead atoms. The third kappa shape index (κ3) is 3.32.